The van der Waals surface area contributed by atoms with Crippen LogP contribution in [0.5, 0.6) is 0 Å². The van der Waals surface area contributed by atoms with Gasteiger partial charge in [0.15, 0.2) is 0 Å². The van der Waals surface area contributed by atoms with Gasteiger partial charge in [0.25, 0.3) is 0 Å². The number of allylic oxidation sites excluding steroid dienone is 1. The third kappa shape index (κ3) is 1.28. The Kier molecular flexibility index (Phi) is 2.00. The molecular weight excluding hydrogens is 172 g/mol. The average Bonchev–Trinajstić information content (AvgIpc) is 2.67. The van der Waals surface area contributed by atoms with Crippen molar-refractivity contribution in [2.75, 3.05) is 0 Å². The third-order valence-electron chi connectivity index (χ3n) is 3.34. The Hall–Kier alpha value is -1.08. The van der Waals surface area contributed by atoms with Gasteiger partial charge in [0.1, 0.15) is 6.10 Å². The van der Waals surface area contributed by atoms with Gasteiger partial charge in [-0.05, 0) is 18.1 Å². The summed E-state index contributed by atoms with van der Waals surface area (Å²) < 4.78 is 0. The van der Waals surface area contributed by atoms with Crippen molar-refractivity contribution in [3.05, 3.63) is 47.0 Å². The molecule has 1 aliphatic carbocycles. The fraction of sp³-hybridized carbons (Fsp3) is 0.385. The summed E-state index contributed by atoms with van der Waals surface area (Å²) in [5.41, 5.74) is 3.64. The number of aliphatic hydroxyl groups is 1. The largest absolute Gasteiger partial charge is 0.384 e. The standard InChI is InChI=1S/C13H16O/c1-9-11(13(9,2)3)12(14)10-7-5-4-6-8-10/h4-8,12,14H,1-3H3/t12-/m1/s1. The minimum Gasteiger partial charge on any atom is -0.384 e. The molecule has 0 spiro atoms. The van der Waals surface area contributed by atoms with Crippen molar-refractivity contribution in [3.8, 4) is 0 Å². The lowest BCUT2D eigenvalue weighted by molar-refractivity contribution is 0.211. The fourth-order valence-corrected chi connectivity index (χ4v) is 2.04. The van der Waals surface area contributed by atoms with E-state index in [2.05, 4.69) is 20.8 Å². The highest BCUT2D eigenvalue weighted by molar-refractivity contribution is 5.50. The van der Waals surface area contributed by atoms with Crippen LogP contribution in [0.3, 0.4) is 0 Å². The molecule has 74 valence electrons. The maximum atomic E-state index is 10.1. The molecule has 1 heteroatoms. The Labute approximate surface area is 85.1 Å². The highest BCUT2D eigenvalue weighted by Gasteiger charge is 2.45. The second-order valence-electron chi connectivity index (χ2n) is 4.48. The highest BCUT2D eigenvalue weighted by atomic mass is 16.3. The monoisotopic (exact) mass is 188 g/mol. The summed E-state index contributed by atoms with van der Waals surface area (Å²) in [6.07, 6.45) is -0.411. The van der Waals surface area contributed by atoms with Gasteiger partial charge in [0.05, 0.1) is 0 Å². The summed E-state index contributed by atoms with van der Waals surface area (Å²) in [5.74, 6) is 0. The average molecular weight is 188 g/mol. The number of hydrogen-bond donors (Lipinski definition) is 1. The van der Waals surface area contributed by atoms with Crippen molar-refractivity contribution in [3.63, 3.8) is 0 Å². The summed E-state index contributed by atoms with van der Waals surface area (Å²) in [6.45, 7) is 6.41. The van der Waals surface area contributed by atoms with Crippen LogP contribution in [0.2, 0.25) is 0 Å². The molecule has 0 heterocycles. The zero-order valence-corrected chi connectivity index (χ0v) is 8.91. The summed E-state index contributed by atoms with van der Waals surface area (Å²) >= 11 is 0. The van der Waals surface area contributed by atoms with Crippen LogP contribution in [0, 0.1) is 5.41 Å². The van der Waals surface area contributed by atoms with E-state index in [4.69, 9.17) is 0 Å². The van der Waals surface area contributed by atoms with E-state index in [9.17, 15) is 5.11 Å². The van der Waals surface area contributed by atoms with Gasteiger partial charge in [0, 0.05) is 5.41 Å². The number of benzene rings is 1. The maximum Gasteiger partial charge on any atom is 0.101 e. The van der Waals surface area contributed by atoms with Crippen molar-refractivity contribution in [2.45, 2.75) is 26.9 Å². The third-order valence-corrected chi connectivity index (χ3v) is 3.34. The van der Waals surface area contributed by atoms with E-state index in [1.54, 1.807) is 0 Å². The second-order valence-corrected chi connectivity index (χ2v) is 4.48. The predicted molar refractivity (Wildman–Crippen MR) is 57.9 cm³/mol. The van der Waals surface area contributed by atoms with Crippen LogP contribution in [-0.4, -0.2) is 5.11 Å². The molecule has 1 N–H and O–H groups in total. The van der Waals surface area contributed by atoms with Crippen LogP contribution >= 0.6 is 0 Å². The number of hydrogen-bond acceptors (Lipinski definition) is 1. The second kappa shape index (κ2) is 2.96. The van der Waals surface area contributed by atoms with Gasteiger partial charge < -0.3 is 5.11 Å². The number of rotatable bonds is 2. The fourth-order valence-electron chi connectivity index (χ4n) is 2.04. The van der Waals surface area contributed by atoms with Gasteiger partial charge in [0.2, 0.25) is 0 Å². The van der Waals surface area contributed by atoms with E-state index in [1.165, 1.54) is 11.1 Å². The van der Waals surface area contributed by atoms with Crippen LogP contribution in [0.1, 0.15) is 32.4 Å². The Morgan fingerprint density at radius 2 is 1.64 bits per heavy atom. The summed E-state index contributed by atoms with van der Waals surface area (Å²) in [7, 11) is 0. The minimum atomic E-state index is -0.411. The molecule has 0 aliphatic heterocycles. The lowest BCUT2D eigenvalue weighted by Gasteiger charge is -2.11. The molecule has 0 fully saturated rings. The van der Waals surface area contributed by atoms with Crippen LogP contribution < -0.4 is 0 Å². The lowest BCUT2D eigenvalue weighted by Crippen LogP contribution is -2.01. The van der Waals surface area contributed by atoms with Gasteiger partial charge in [-0.1, -0.05) is 49.8 Å². The topological polar surface area (TPSA) is 20.2 Å². The van der Waals surface area contributed by atoms with Crippen LogP contribution in [0.15, 0.2) is 41.5 Å². The lowest BCUT2D eigenvalue weighted by atomic mass is 9.98. The first-order chi connectivity index (χ1) is 6.55. The van der Waals surface area contributed by atoms with Crippen LogP contribution in [0.4, 0.5) is 0 Å². The molecule has 0 radical (unpaired) electrons. The summed E-state index contributed by atoms with van der Waals surface area (Å²) in [6, 6.07) is 9.84. The van der Waals surface area contributed by atoms with Crippen molar-refractivity contribution in [2.24, 2.45) is 5.41 Å². The molecule has 0 bridgehead atoms. The summed E-state index contributed by atoms with van der Waals surface area (Å²) in [4.78, 5) is 0. The molecule has 14 heavy (non-hydrogen) atoms. The molecule has 1 aromatic rings. The Bertz CT molecular complexity index is 373. The predicted octanol–water partition coefficient (Wildman–Crippen LogP) is 3.08. The van der Waals surface area contributed by atoms with Gasteiger partial charge in [-0.25, -0.2) is 0 Å². The molecule has 1 aromatic carbocycles. The quantitative estimate of drug-likeness (QED) is 0.707. The molecule has 0 saturated carbocycles. The summed E-state index contributed by atoms with van der Waals surface area (Å²) in [5, 5.41) is 10.1. The Morgan fingerprint density at radius 3 is 2.07 bits per heavy atom. The highest BCUT2D eigenvalue weighted by Crippen LogP contribution is 2.56. The molecule has 1 nitrogen and oxygen atoms in total. The van der Waals surface area contributed by atoms with E-state index in [0.717, 1.165) is 5.56 Å². The van der Waals surface area contributed by atoms with E-state index < -0.39 is 6.10 Å². The van der Waals surface area contributed by atoms with Gasteiger partial charge in [-0.2, -0.15) is 0 Å². The molecule has 0 saturated heterocycles. The first-order valence-electron chi connectivity index (χ1n) is 5.00. The van der Waals surface area contributed by atoms with E-state index in [1.807, 2.05) is 30.3 Å². The molecule has 1 atom stereocenters. The van der Waals surface area contributed by atoms with E-state index >= 15 is 0 Å². The molecule has 2 rings (SSSR count). The molecule has 0 aromatic heterocycles. The van der Waals surface area contributed by atoms with Crippen LogP contribution in [-0.2, 0) is 0 Å². The van der Waals surface area contributed by atoms with Crippen molar-refractivity contribution in [1.82, 2.24) is 0 Å². The van der Waals surface area contributed by atoms with Crippen molar-refractivity contribution < 1.29 is 5.11 Å². The first kappa shape index (κ1) is 9.47. The number of aliphatic hydroxyl groups excluding tert-OH is 1. The van der Waals surface area contributed by atoms with Crippen molar-refractivity contribution >= 4 is 0 Å². The smallest absolute Gasteiger partial charge is 0.101 e. The molecular formula is C13H16O. The Morgan fingerprint density at radius 1 is 1.14 bits per heavy atom. The zero-order chi connectivity index (χ0) is 10.3. The maximum absolute atomic E-state index is 10.1. The molecule has 0 unspecified atom stereocenters. The van der Waals surface area contributed by atoms with Gasteiger partial charge >= 0.3 is 0 Å². The van der Waals surface area contributed by atoms with E-state index in [-0.39, 0.29) is 5.41 Å². The Balaban J connectivity index is 2.24. The van der Waals surface area contributed by atoms with Crippen LogP contribution in [0.25, 0.3) is 0 Å². The van der Waals surface area contributed by atoms with Gasteiger partial charge in [-0.15, -0.1) is 0 Å². The van der Waals surface area contributed by atoms with Crippen molar-refractivity contribution in [1.29, 1.82) is 0 Å². The van der Waals surface area contributed by atoms with Gasteiger partial charge in [-0.3, -0.25) is 0 Å². The van der Waals surface area contributed by atoms with E-state index in [0.29, 0.717) is 0 Å². The zero-order valence-electron chi connectivity index (χ0n) is 8.91. The SMILES string of the molecule is CC1=C([C@H](O)c2ccccc2)C1(C)C. The normalized spacial score (nSPS) is 20.9. The molecule has 1 aliphatic rings. The minimum absolute atomic E-state index is 0.134. The molecule has 0 amide bonds. The first-order valence-corrected chi connectivity index (χ1v) is 5.00.